The Morgan fingerprint density at radius 2 is 1.79 bits per heavy atom. The van der Waals surface area contributed by atoms with Crippen molar-refractivity contribution in [1.82, 2.24) is 9.97 Å². The number of nitrogen functional groups attached to an aromatic ring is 1. The van der Waals surface area contributed by atoms with Gasteiger partial charge in [0.05, 0.1) is 11.3 Å². The van der Waals surface area contributed by atoms with E-state index < -0.39 is 11.7 Å². The molecule has 8 heteroatoms. The van der Waals surface area contributed by atoms with Gasteiger partial charge < -0.3 is 10.6 Å². The fraction of sp³-hybridized carbons (Fsp3) is 0.375. The first-order valence-electron chi connectivity index (χ1n) is 7.51. The van der Waals surface area contributed by atoms with E-state index in [0.29, 0.717) is 11.6 Å². The summed E-state index contributed by atoms with van der Waals surface area (Å²) < 4.78 is 40.0. The van der Waals surface area contributed by atoms with Crippen LogP contribution in [-0.2, 0) is 6.18 Å². The van der Waals surface area contributed by atoms with Crippen LogP contribution < -0.4 is 10.6 Å². The molecule has 1 aliphatic rings. The molecular weight excluding hydrogens is 337 g/mol. The van der Waals surface area contributed by atoms with E-state index in [1.165, 1.54) is 12.1 Å². The molecule has 2 heterocycles. The minimum atomic E-state index is -4.47. The van der Waals surface area contributed by atoms with Crippen molar-refractivity contribution in [3.63, 3.8) is 0 Å². The lowest BCUT2D eigenvalue weighted by Crippen LogP contribution is -2.34. The van der Waals surface area contributed by atoms with Crippen LogP contribution in [0.25, 0.3) is 11.3 Å². The van der Waals surface area contributed by atoms with Crippen molar-refractivity contribution in [2.75, 3.05) is 35.2 Å². The molecule has 0 radical (unpaired) electrons. The van der Waals surface area contributed by atoms with E-state index in [4.69, 9.17) is 5.73 Å². The molecule has 24 heavy (non-hydrogen) atoms. The maximum absolute atomic E-state index is 13.3. The van der Waals surface area contributed by atoms with Crippen molar-refractivity contribution < 1.29 is 13.2 Å². The Bertz CT molecular complexity index is 743. The number of nitrogens with two attached hydrogens (primary N) is 1. The van der Waals surface area contributed by atoms with Crippen LogP contribution in [0.2, 0.25) is 0 Å². The van der Waals surface area contributed by atoms with E-state index in [1.54, 1.807) is 13.0 Å². The van der Waals surface area contributed by atoms with Gasteiger partial charge in [-0.3, -0.25) is 0 Å². The highest BCUT2D eigenvalue weighted by molar-refractivity contribution is 7.99. The number of hydrogen-bond donors (Lipinski definition) is 1. The van der Waals surface area contributed by atoms with Crippen LogP contribution >= 0.6 is 11.8 Å². The summed E-state index contributed by atoms with van der Waals surface area (Å²) in [5, 5.41) is 0. The number of rotatable bonds is 2. The molecule has 0 saturated carbocycles. The fourth-order valence-electron chi connectivity index (χ4n) is 2.72. The lowest BCUT2D eigenvalue weighted by molar-refractivity contribution is -0.137. The van der Waals surface area contributed by atoms with Gasteiger partial charge in [0.15, 0.2) is 5.82 Å². The van der Waals surface area contributed by atoms with E-state index in [-0.39, 0.29) is 16.9 Å². The third-order valence-corrected chi connectivity index (χ3v) is 4.78. The van der Waals surface area contributed by atoms with Crippen LogP contribution in [0.3, 0.4) is 0 Å². The van der Waals surface area contributed by atoms with E-state index >= 15 is 0 Å². The molecule has 0 spiro atoms. The Labute approximate surface area is 142 Å². The number of thioether (sulfide) groups is 1. The van der Waals surface area contributed by atoms with Gasteiger partial charge in [0.25, 0.3) is 0 Å². The van der Waals surface area contributed by atoms with E-state index in [9.17, 15) is 13.2 Å². The van der Waals surface area contributed by atoms with Gasteiger partial charge in [0.1, 0.15) is 11.5 Å². The topological polar surface area (TPSA) is 55.0 Å². The molecule has 0 aliphatic carbocycles. The highest BCUT2D eigenvalue weighted by Crippen LogP contribution is 2.40. The zero-order valence-corrected chi connectivity index (χ0v) is 13.9. The first-order chi connectivity index (χ1) is 11.4. The minimum Gasteiger partial charge on any atom is -0.394 e. The molecule has 3 rings (SSSR count). The van der Waals surface area contributed by atoms with Crippen molar-refractivity contribution in [2.45, 2.75) is 13.1 Å². The molecule has 0 atom stereocenters. The molecule has 0 bridgehead atoms. The van der Waals surface area contributed by atoms with E-state index in [1.807, 2.05) is 16.7 Å². The Balaban J connectivity index is 2.14. The quantitative estimate of drug-likeness (QED) is 0.893. The standard InChI is InChI=1S/C16H17F3N4S/c1-10-21-14(11-4-2-3-5-12(11)16(17,18)19)13(20)15(22-10)23-6-8-24-9-7-23/h2-5H,6-9,20H2,1H3. The van der Waals surface area contributed by atoms with Gasteiger partial charge in [0.2, 0.25) is 0 Å². The molecule has 2 N–H and O–H groups in total. The van der Waals surface area contributed by atoms with Crippen LogP contribution in [0.4, 0.5) is 24.7 Å². The predicted molar refractivity (Wildman–Crippen MR) is 91.2 cm³/mol. The van der Waals surface area contributed by atoms with Crippen LogP contribution in [0.15, 0.2) is 24.3 Å². The van der Waals surface area contributed by atoms with Gasteiger partial charge in [-0.05, 0) is 13.0 Å². The largest absolute Gasteiger partial charge is 0.417 e. The molecule has 0 unspecified atom stereocenters. The Morgan fingerprint density at radius 1 is 1.12 bits per heavy atom. The van der Waals surface area contributed by atoms with E-state index in [0.717, 1.165) is 30.7 Å². The summed E-state index contributed by atoms with van der Waals surface area (Å²) in [6.07, 6.45) is -4.47. The average molecular weight is 354 g/mol. The molecule has 1 saturated heterocycles. The Hall–Kier alpha value is -1.96. The molecule has 2 aromatic rings. The van der Waals surface area contributed by atoms with Gasteiger partial charge in [-0.25, -0.2) is 9.97 Å². The number of aromatic nitrogens is 2. The highest BCUT2D eigenvalue weighted by Gasteiger charge is 2.34. The third-order valence-electron chi connectivity index (χ3n) is 3.84. The highest BCUT2D eigenvalue weighted by atomic mass is 32.2. The number of anilines is 2. The summed E-state index contributed by atoms with van der Waals surface area (Å²) in [4.78, 5) is 10.6. The predicted octanol–water partition coefficient (Wildman–Crippen LogP) is 3.61. The van der Waals surface area contributed by atoms with Crippen LogP contribution in [0.1, 0.15) is 11.4 Å². The van der Waals surface area contributed by atoms with Gasteiger partial charge in [-0.1, -0.05) is 18.2 Å². The summed E-state index contributed by atoms with van der Waals surface area (Å²) in [5.41, 5.74) is 5.77. The number of alkyl halides is 3. The molecule has 1 aromatic carbocycles. The summed E-state index contributed by atoms with van der Waals surface area (Å²) in [6.45, 7) is 3.21. The third kappa shape index (κ3) is 3.28. The average Bonchev–Trinajstić information content (AvgIpc) is 2.56. The molecule has 4 nitrogen and oxygen atoms in total. The smallest absolute Gasteiger partial charge is 0.394 e. The molecule has 1 aliphatic heterocycles. The van der Waals surface area contributed by atoms with Crippen LogP contribution in [0, 0.1) is 6.92 Å². The van der Waals surface area contributed by atoms with Crippen molar-refractivity contribution in [3.8, 4) is 11.3 Å². The minimum absolute atomic E-state index is 0.0133. The van der Waals surface area contributed by atoms with Crippen LogP contribution in [0.5, 0.6) is 0 Å². The first kappa shape index (κ1) is 16.9. The summed E-state index contributed by atoms with van der Waals surface area (Å²) in [6, 6.07) is 5.36. The fourth-order valence-corrected chi connectivity index (χ4v) is 3.63. The van der Waals surface area contributed by atoms with Crippen molar-refractivity contribution in [1.29, 1.82) is 0 Å². The summed E-state index contributed by atoms with van der Waals surface area (Å²) >= 11 is 1.84. The Morgan fingerprint density at radius 3 is 2.46 bits per heavy atom. The number of nitrogens with zero attached hydrogens (tertiary/aromatic N) is 3. The zero-order valence-electron chi connectivity index (χ0n) is 13.1. The molecule has 128 valence electrons. The van der Waals surface area contributed by atoms with Crippen LogP contribution in [-0.4, -0.2) is 34.6 Å². The SMILES string of the molecule is Cc1nc(-c2ccccc2C(F)(F)F)c(N)c(N2CCSCC2)n1. The number of aryl methyl sites for hydroxylation is 1. The zero-order chi connectivity index (χ0) is 17.3. The second kappa shape index (κ2) is 6.51. The second-order valence-electron chi connectivity index (χ2n) is 5.50. The number of hydrogen-bond acceptors (Lipinski definition) is 5. The molecule has 1 fully saturated rings. The van der Waals surface area contributed by atoms with Gasteiger partial charge in [0, 0.05) is 30.2 Å². The van der Waals surface area contributed by atoms with Crippen molar-refractivity contribution in [2.24, 2.45) is 0 Å². The molecular formula is C16H17F3N4S. The number of halogens is 3. The summed E-state index contributed by atoms with van der Waals surface area (Å²) in [5.74, 6) is 2.81. The lowest BCUT2D eigenvalue weighted by Gasteiger charge is -2.29. The Kier molecular flexibility index (Phi) is 4.58. The molecule has 1 aromatic heterocycles. The maximum Gasteiger partial charge on any atom is 0.417 e. The van der Waals surface area contributed by atoms with E-state index in [2.05, 4.69) is 9.97 Å². The van der Waals surface area contributed by atoms with Gasteiger partial charge in [-0.15, -0.1) is 0 Å². The lowest BCUT2D eigenvalue weighted by atomic mass is 10.0. The number of benzene rings is 1. The maximum atomic E-state index is 13.3. The van der Waals surface area contributed by atoms with Crippen molar-refractivity contribution in [3.05, 3.63) is 35.7 Å². The summed E-state index contributed by atoms with van der Waals surface area (Å²) in [7, 11) is 0. The first-order valence-corrected chi connectivity index (χ1v) is 8.67. The van der Waals surface area contributed by atoms with Gasteiger partial charge >= 0.3 is 6.18 Å². The van der Waals surface area contributed by atoms with Crippen molar-refractivity contribution >= 4 is 23.3 Å². The monoisotopic (exact) mass is 354 g/mol. The second-order valence-corrected chi connectivity index (χ2v) is 6.72. The normalized spacial score (nSPS) is 15.6. The van der Waals surface area contributed by atoms with Gasteiger partial charge in [-0.2, -0.15) is 24.9 Å². The molecule has 0 amide bonds.